The molecule has 0 saturated carbocycles. The van der Waals surface area contributed by atoms with Gasteiger partial charge in [-0.3, -0.25) is 9.59 Å². The average Bonchev–Trinajstić information content (AvgIpc) is 2.82. The molecule has 2 amide bonds. The average molecular weight is 276 g/mol. The van der Waals surface area contributed by atoms with Crippen molar-refractivity contribution < 1.29 is 19.1 Å². The summed E-state index contributed by atoms with van der Waals surface area (Å²) in [5.41, 5.74) is 0.417. The first kappa shape index (κ1) is 14.0. The Morgan fingerprint density at radius 3 is 3.00 bits per heavy atom. The summed E-state index contributed by atoms with van der Waals surface area (Å²) in [7, 11) is 0. The predicted octanol–water partition coefficient (Wildman–Crippen LogP) is -0.212. The van der Waals surface area contributed by atoms with Gasteiger partial charge in [-0.25, -0.2) is 4.39 Å². The molecule has 0 bridgehead atoms. The minimum atomic E-state index is -0.551. The van der Waals surface area contributed by atoms with Crippen LogP contribution < -0.4 is 10.6 Å². The number of benzene rings is 1. The van der Waals surface area contributed by atoms with Crippen LogP contribution in [0.1, 0.15) is 22.3 Å². The van der Waals surface area contributed by atoms with Gasteiger partial charge in [0.2, 0.25) is 5.91 Å². The molecule has 1 fully saturated rings. The molecule has 0 aliphatic carbocycles. The van der Waals surface area contributed by atoms with Crippen LogP contribution in [0.2, 0.25) is 0 Å². The van der Waals surface area contributed by atoms with Crippen LogP contribution >= 0.6 is 0 Å². The molecule has 1 aromatic rings. The van der Waals surface area contributed by atoms with Gasteiger partial charge in [-0.1, -0.05) is 11.8 Å². The predicted molar refractivity (Wildman–Crippen MR) is 69.2 cm³/mol. The molecule has 1 aliphatic rings. The van der Waals surface area contributed by atoms with Gasteiger partial charge in [-0.05, 0) is 18.2 Å². The van der Waals surface area contributed by atoms with Crippen LogP contribution in [0.15, 0.2) is 18.2 Å². The molecule has 1 saturated heterocycles. The molecule has 1 unspecified atom stereocenters. The van der Waals surface area contributed by atoms with Gasteiger partial charge in [0.25, 0.3) is 5.91 Å². The number of carbonyl (C=O) groups excluding carboxylic acids is 2. The molecule has 1 atom stereocenters. The van der Waals surface area contributed by atoms with E-state index in [-0.39, 0.29) is 30.5 Å². The summed E-state index contributed by atoms with van der Waals surface area (Å²) in [5, 5.41) is 13.9. The number of aliphatic hydroxyl groups is 1. The normalized spacial score (nSPS) is 17.1. The number of hydrogen-bond acceptors (Lipinski definition) is 3. The lowest BCUT2D eigenvalue weighted by Gasteiger charge is -2.11. The van der Waals surface area contributed by atoms with Crippen LogP contribution in [0, 0.1) is 17.7 Å². The fraction of sp³-hybridized carbons (Fsp3) is 0.286. The summed E-state index contributed by atoms with van der Waals surface area (Å²) in [4.78, 5) is 23.2. The van der Waals surface area contributed by atoms with E-state index in [1.54, 1.807) is 0 Å². The topological polar surface area (TPSA) is 78.4 Å². The lowest BCUT2D eigenvalue weighted by molar-refractivity contribution is -0.119. The smallest absolute Gasteiger partial charge is 0.252 e. The Balaban J connectivity index is 2.19. The van der Waals surface area contributed by atoms with E-state index in [1.807, 2.05) is 0 Å². The summed E-state index contributed by atoms with van der Waals surface area (Å²) >= 11 is 0. The minimum absolute atomic E-state index is 0.0882. The SMILES string of the molecule is O=C1CC(NC(=O)c2cc(F)ccc2C#CCO)CN1. The number of halogens is 1. The third-order valence-electron chi connectivity index (χ3n) is 2.84. The Morgan fingerprint density at radius 1 is 1.55 bits per heavy atom. The summed E-state index contributed by atoms with van der Waals surface area (Å²) in [5.74, 6) is 3.84. The molecule has 5 nitrogen and oxygen atoms in total. The first-order valence-electron chi connectivity index (χ1n) is 6.07. The summed E-state index contributed by atoms with van der Waals surface area (Å²) in [6, 6.07) is 3.35. The maximum Gasteiger partial charge on any atom is 0.252 e. The molecule has 6 heteroatoms. The maximum atomic E-state index is 13.3. The number of rotatable bonds is 2. The van der Waals surface area contributed by atoms with E-state index in [1.165, 1.54) is 12.1 Å². The molecular weight excluding hydrogens is 263 g/mol. The summed E-state index contributed by atoms with van der Waals surface area (Å²) in [6.45, 7) is 0.0109. The van der Waals surface area contributed by atoms with Crippen LogP contribution in [0.3, 0.4) is 0 Å². The van der Waals surface area contributed by atoms with Gasteiger partial charge in [0.1, 0.15) is 12.4 Å². The molecule has 2 rings (SSSR count). The van der Waals surface area contributed by atoms with Crippen molar-refractivity contribution in [1.29, 1.82) is 0 Å². The highest BCUT2D eigenvalue weighted by atomic mass is 19.1. The van der Waals surface area contributed by atoms with Crippen LogP contribution in [0.4, 0.5) is 4.39 Å². The molecule has 3 N–H and O–H groups in total. The highest BCUT2D eigenvalue weighted by Gasteiger charge is 2.24. The van der Waals surface area contributed by atoms with E-state index >= 15 is 0 Å². The van der Waals surface area contributed by atoms with Crippen molar-refractivity contribution in [2.24, 2.45) is 0 Å². The molecule has 1 aromatic carbocycles. The lowest BCUT2D eigenvalue weighted by Crippen LogP contribution is -2.36. The standard InChI is InChI=1S/C14H13FN2O3/c15-10-4-3-9(2-1-5-18)12(6-10)14(20)17-11-7-13(19)16-8-11/h3-4,6,11,18H,5,7-8H2,(H,16,19)(H,17,20). The van der Waals surface area contributed by atoms with Gasteiger partial charge < -0.3 is 15.7 Å². The zero-order chi connectivity index (χ0) is 14.5. The van der Waals surface area contributed by atoms with Gasteiger partial charge in [-0.15, -0.1) is 0 Å². The highest BCUT2D eigenvalue weighted by molar-refractivity contribution is 5.97. The second-order valence-electron chi connectivity index (χ2n) is 4.33. The summed E-state index contributed by atoms with van der Waals surface area (Å²) < 4.78 is 13.3. The monoisotopic (exact) mass is 276 g/mol. The molecule has 0 spiro atoms. The Hall–Kier alpha value is -2.39. The number of amides is 2. The number of hydrogen-bond donors (Lipinski definition) is 3. The fourth-order valence-electron chi connectivity index (χ4n) is 1.92. The van der Waals surface area contributed by atoms with Crippen molar-refractivity contribution in [3.05, 3.63) is 35.1 Å². The Labute approximate surface area is 115 Å². The number of nitrogens with one attached hydrogen (secondary N) is 2. The lowest BCUT2D eigenvalue weighted by atomic mass is 10.1. The summed E-state index contributed by atoms with van der Waals surface area (Å²) in [6.07, 6.45) is 0.207. The molecule has 0 aromatic heterocycles. The van der Waals surface area contributed by atoms with E-state index in [0.29, 0.717) is 12.1 Å². The van der Waals surface area contributed by atoms with E-state index in [0.717, 1.165) is 6.07 Å². The van der Waals surface area contributed by atoms with Gasteiger partial charge in [0.15, 0.2) is 0 Å². The first-order valence-corrected chi connectivity index (χ1v) is 6.07. The highest BCUT2D eigenvalue weighted by Crippen LogP contribution is 2.11. The Morgan fingerprint density at radius 2 is 2.35 bits per heavy atom. The quantitative estimate of drug-likeness (QED) is 0.654. The van der Waals surface area contributed by atoms with Crippen molar-refractivity contribution in [3.8, 4) is 11.8 Å². The molecule has 0 radical (unpaired) electrons. The van der Waals surface area contributed by atoms with Gasteiger partial charge >= 0.3 is 0 Å². The maximum absolute atomic E-state index is 13.3. The fourth-order valence-corrected chi connectivity index (χ4v) is 1.92. The van der Waals surface area contributed by atoms with Gasteiger partial charge in [0.05, 0.1) is 11.6 Å². The third kappa shape index (κ3) is 3.33. The number of carbonyl (C=O) groups is 2. The largest absolute Gasteiger partial charge is 0.384 e. The third-order valence-corrected chi connectivity index (χ3v) is 2.84. The molecule has 1 aliphatic heterocycles. The van der Waals surface area contributed by atoms with Crippen LogP contribution in [-0.4, -0.2) is 36.1 Å². The Kier molecular flexibility index (Phi) is 4.33. The van der Waals surface area contributed by atoms with E-state index in [4.69, 9.17) is 5.11 Å². The first-order chi connectivity index (χ1) is 9.60. The number of aliphatic hydroxyl groups excluding tert-OH is 1. The van der Waals surface area contributed by atoms with Gasteiger partial charge in [0, 0.05) is 18.5 Å². The minimum Gasteiger partial charge on any atom is -0.384 e. The van der Waals surface area contributed by atoms with Crippen LogP contribution in [-0.2, 0) is 4.79 Å². The van der Waals surface area contributed by atoms with Crippen molar-refractivity contribution in [2.75, 3.05) is 13.2 Å². The van der Waals surface area contributed by atoms with Crippen molar-refractivity contribution in [1.82, 2.24) is 10.6 Å². The second kappa shape index (κ2) is 6.17. The molecule has 1 heterocycles. The van der Waals surface area contributed by atoms with Crippen LogP contribution in [0.5, 0.6) is 0 Å². The van der Waals surface area contributed by atoms with E-state index in [9.17, 15) is 14.0 Å². The molecular formula is C14H13FN2O3. The zero-order valence-corrected chi connectivity index (χ0v) is 10.6. The van der Waals surface area contributed by atoms with E-state index in [2.05, 4.69) is 22.5 Å². The second-order valence-corrected chi connectivity index (χ2v) is 4.33. The van der Waals surface area contributed by atoms with E-state index < -0.39 is 11.7 Å². The van der Waals surface area contributed by atoms with Crippen molar-refractivity contribution >= 4 is 11.8 Å². The van der Waals surface area contributed by atoms with Gasteiger partial charge in [-0.2, -0.15) is 0 Å². The molecule has 20 heavy (non-hydrogen) atoms. The van der Waals surface area contributed by atoms with Crippen molar-refractivity contribution in [2.45, 2.75) is 12.5 Å². The van der Waals surface area contributed by atoms with Crippen LogP contribution in [0.25, 0.3) is 0 Å². The molecule has 104 valence electrons. The Bertz CT molecular complexity index is 604. The zero-order valence-electron chi connectivity index (χ0n) is 10.6. The van der Waals surface area contributed by atoms with Crippen molar-refractivity contribution in [3.63, 3.8) is 0 Å².